The Balaban J connectivity index is 3.77. The van der Waals surface area contributed by atoms with Crippen LogP contribution in [0.1, 0.15) is 46.0 Å². The van der Waals surface area contributed by atoms with Gasteiger partial charge in [-0.2, -0.15) is 13.2 Å². The quantitative estimate of drug-likeness (QED) is 0.672. The smallest absolute Gasteiger partial charge is 0.381 e. The lowest BCUT2D eigenvalue weighted by molar-refractivity contribution is -0.255. The van der Waals surface area contributed by atoms with E-state index in [0.717, 1.165) is 26.2 Å². The van der Waals surface area contributed by atoms with Crippen molar-refractivity contribution in [3.63, 3.8) is 0 Å². The van der Waals surface area contributed by atoms with E-state index >= 15 is 0 Å². The van der Waals surface area contributed by atoms with Crippen molar-refractivity contribution in [2.24, 2.45) is 0 Å². The molecule has 0 saturated carbocycles. The molecule has 1 unspecified atom stereocenters. The summed E-state index contributed by atoms with van der Waals surface area (Å²) in [5.74, 6) is 0. The van der Waals surface area contributed by atoms with Gasteiger partial charge in [0.2, 0.25) is 0 Å². The Kier molecular flexibility index (Phi) is 4.75. The van der Waals surface area contributed by atoms with Crippen LogP contribution in [0.5, 0.6) is 0 Å². The average molecular weight is 198 g/mol. The Morgan fingerprint density at radius 3 is 2.00 bits per heavy atom. The van der Waals surface area contributed by atoms with E-state index in [0.29, 0.717) is 6.42 Å². The molecule has 1 nitrogen and oxygen atoms in total. The minimum absolute atomic E-state index is 0.198. The number of rotatable bonds is 5. The monoisotopic (exact) mass is 198 g/mol. The Hall–Kier alpha value is -0.250. The molecule has 13 heavy (non-hydrogen) atoms. The number of hydrogen-bond donors (Lipinski definition) is 1. The van der Waals surface area contributed by atoms with Gasteiger partial charge in [-0.05, 0) is 13.3 Å². The van der Waals surface area contributed by atoms with Crippen molar-refractivity contribution in [2.75, 3.05) is 0 Å². The molecular formula is C9H17F3O. The zero-order valence-electron chi connectivity index (χ0n) is 8.12. The van der Waals surface area contributed by atoms with Gasteiger partial charge in [0.1, 0.15) is 0 Å². The summed E-state index contributed by atoms with van der Waals surface area (Å²) in [6.45, 7) is 2.82. The minimum atomic E-state index is -4.50. The van der Waals surface area contributed by atoms with E-state index in [1.165, 1.54) is 0 Å². The van der Waals surface area contributed by atoms with E-state index in [4.69, 9.17) is 5.11 Å². The van der Waals surface area contributed by atoms with E-state index in [1.807, 2.05) is 6.92 Å². The van der Waals surface area contributed by atoms with E-state index in [9.17, 15) is 13.2 Å². The maximum atomic E-state index is 12.1. The van der Waals surface area contributed by atoms with Gasteiger partial charge in [-0.1, -0.05) is 32.6 Å². The van der Waals surface area contributed by atoms with Gasteiger partial charge in [0.25, 0.3) is 0 Å². The fraction of sp³-hybridized carbons (Fsp3) is 1.00. The van der Waals surface area contributed by atoms with Gasteiger partial charge in [-0.25, -0.2) is 0 Å². The first-order chi connectivity index (χ1) is 5.81. The molecule has 80 valence electrons. The van der Waals surface area contributed by atoms with Gasteiger partial charge < -0.3 is 5.11 Å². The molecule has 1 N–H and O–H groups in total. The number of unbranched alkanes of at least 4 members (excludes halogenated alkanes) is 3. The second-order valence-corrected chi connectivity index (χ2v) is 3.58. The molecule has 0 heterocycles. The van der Waals surface area contributed by atoms with Crippen molar-refractivity contribution in [3.05, 3.63) is 0 Å². The van der Waals surface area contributed by atoms with Crippen LogP contribution in [0.2, 0.25) is 0 Å². The Morgan fingerprint density at radius 1 is 1.08 bits per heavy atom. The summed E-state index contributed by atoms with van der Waals surface area (Å²) in [7, 11) is 0. The second-order valence-electron chi connectivity index (χ2n) is 3.58. The van der Waals surface area contributed by atoms with Crippen molar-refractivity contribution in [3.8, 4) is 0 Å². The first kappa shape index (κ1) is 12.8. The zero-order chi connectivity index (χ0) is 10.5. The molecule has 4 heteroatoms. The maximum Gasteiger partial charge on any atom is 0.416 e. The van der Waals surface area contributed by atoms with Crippen LogP contribution in [0.25, 0.3) is 0 Å². The molecule has 0 saturated heterocycles. The Labute approximate surface area is 76.9 Å². The molecule has 0 aliphatic carbocycles. The molecular weight excluding hydrogens is 181 g/mol. The van der Waals surface area contributed by atoms with Crippen LogP contribution in [0.3, 0.4) is 0 Å². The summed E-state index contributed by atoms with van der Waals surface area (Å²) in [5, 5.41) is 9.03. The molecule has 0 spiro atoms. The van der Waals surface area contributed by atoms with Crippen molar-refractivity contribution < 1.29 is 18.3 Å². The first-order valence-electron chi connectivity index (χ1n) is 4.60. The predicted octanol–water partition coefficient (Wildman–Crippen LogP) is 3.27. The fourth-order valence-electron chi connectivity index (χ4n) is 1.04. The summed E-state index contributed by atoms with van der Waals surface area (Å²) in [4.78, 5) is 0. The lowest BCUT2D eigenvalue weighted by atomic mass is 9.97. The van der Waals surface area contributed by atoms with E-state index in [-0.39, 0.29) is 6.42 Å². The van der Waals surface area contributed by atoms with Gasteiger partial charge in [-0.3, -0.25) is 0 Å². The van der Waals surface area contributed by atoms with Crippen LogP contribution in [-0.2, 0) is 0 Å². The number of halogens is 3. The largest absolute Gasteiger partial charge is 0.416 e. The second kappa shape index (κ2) is 4.84. The topological polar surface area (TPSA) is 20.2 Å². The summed E-state index contributed by atoms with van der Waals surface area (Å²) < 4.78 is 36.3. The SMILES string of the molecule is CCCCCCC(C)(O)C(F)(F)F. The lowest BCUT2D eigenvalue weighted by Gasteiger charge is -2.25. The molecule has 0 aromatic carbocycles. The van der Waals surface area contributed by atoms with Gasteiger partial charge >= 0.3 is 6.18 Å². The van der Waals surface area contributed by atoms with Crippen molar-refractivity contribution >= 4 is 0 Å². The first-order valence-corrected chi connectivity index (χ1v) is 4.60. The van der Waals surface area contributed by atoms with E-state index < -0.39 is 11.8 Å². The van der Waals surface area contributed by atoms with Crippen molar-refractivity contribution in [1.29, 1.82) is 0 Å². The van der Waals surface area contributed by atoms with Crippen LogP contribution >= 0.6 is 0 Å². The van der Waals surface area contributed by atoms with Gasteiger partial charge in [0.15, 0.2) is 5.60 Å². The number of alkyl halides is 3. The number of hydrogen-bond acceptors (Lipinski definition) is 1. The molecule has 0 aliphatic heterocycles. The molecule has 0 aromatic rings. The highest BCUT2D eigenvalue weighted by Crippen LogP contribution is 2.33. The molecule has 0 rings (SSSR count). The molecule has 0 radical (unpaired) electrons. The molecule has 0 amide bonds. The van der Waals surface area contributed by atoms with Gasteiger partial charge in [-0.15, -0.1) is 0 Å². The molecule has 0 aromatic heterocycles. The predicted molar refractivity (Wildman–Crippen MR) is 45.4 cm³/mol. The highest BCUT2D eigenvalue weighted by molar-refractivity contribution is 4.80. The normalized spacial score (nSPS) is 17.1. The Bertz CT molecular complexity index is 140. The summed E-state index contributed by atoms with van der Waals surface area (Å²) in [5.41, 5.74) is -2.51. The standard InChI is InChI=1S/C9H17F3O/c1-3-4-5-6-7-8(2,13)9(10,11)12/h13H,3-7H2,1-2H3. The third-order valence-electron chi connectivity index (χ3n) is 2.13. The van der Waals surface area contributed by atoms with Crippen molar-refractivity contribution in [2.45, 2.75) is 57.7 Å². The molecule has 0 aliphatic rings. The fourth-order valence-corrected chi connectivity index (χ4v) is 1.04. The maximum absolute atomic E-state index is 12.1. The molecule has 0 bridgehead atoms. The minimum Gasteiger partial charge on any atom is -0.381 e. The highest BCUT2D eigenvalue weighted by atomic mass is 19.4. The summed E-state index contributed by atoms with van der Waals surface area (Å²) in [6.07, 6.45) is -1.61. The van der Waals surface area contributed by atoms with Crippen LogP contribution < -0.4 is 0 Å². The van der Waals surface area contributed by atoms with Crippen LogP contribution in [0, 0.1) is 0 Å². The van der Waals surface area contributed by atoms with Crippen LogP contribution in [0.4, 0.5) is 13.2 Å². The van der Waals surface area contributed by atoms with Crippen molar-refractivity contribution in [1.82, 2.24) is 0 Å². The van der Waals surface area contributed by atoms with E-state index in [1.54, 1.807) is 0 Å². The van der Waals surface area contributed by atoms with Crippen LogP contribution in [-0.4, -0.2) is 16.9 Å². The van der Waals surface area contributed by atoms with E-state index in [2.05, 4.69) is 0 Å². The number of aliphatic hydroxyl groups is 1. The Morgan fingerprint density at radius 2 is 1.62 bits per heavy atom. The third kappa shape index (κ3) is 4.50. The molecule has 0 fully saturated rings. The average Bonchev–Trinajstić information content (AvgIpc) is 1.96. The summed E-state index contributed by atoms with van der Waals surface area (Å²) in [6, 6.07) is 0. The van der Waals surface area contributed by atoms with Crippen LogP contribution in [0.15, 0.2) is 0 Å². The third-order valence-corrected chi connectivity index (χ3v) is 2.13. The zero-order valence-corrected chi connectivity index (χ0v) is 8.12. The molecule has 1 atom stereocenters. The summed E-state index contributed by atoms with van der Waals surface area (Å²) >= 11 is 0. The van der Waals surface area contributed by atoms with Gasteiger partial charge in [0.05, 0.1) is 0 Å². The lowest BCUT2D eigenvalue weighted by Crippen LogP contribution is -2.41. The van der Waals surface area contributed by atoms with Gasteiger partial charge in [0, 0.05) is 0 Å². The highest BCUT2D eigenvalue weighted by Gasteiger charge is 2.48.